The van der Waals surface area contributed by atoms with Crippen LogP contribution in [0.5, 0.6) is 5.75 Å². The smallest absolute Gasteiger partial charge is 0.266 e. The molecular formula is C29H28ClFN2O2S. The summed E-state index contributed by atoms with van der Waals surface area (Å²) in [5.41, 5.74) is 3.91. The zero-order valence-corrected chi connectivity index (χ0v) is 22.0. The molecule has 4 nitrogen and oxygen atoms in total. The summed E-state index contributed by atoms with van der Waals surface area (Å²) in [6, 6.07) is 13.2. The van der Waals surface area contributed by atoms with E-state index >= 15 is 0 Å². The molecule has 1 aliphatic carbocycles. The van der Waals surface area contributed by atoms with E-state index in [1.807, 2.05) is 36.1 Å². The van der Waals surface area contributed by atoms with E-state index in [-0.39, 0.29) is 17.0 Å². The van der Waals surface area contributed by atoms with Gasteiger partial charge in [0, 0.05) is 40.6 Å². The third-order valence-electron chi connectivity index (χ3n) is 7.03. The standard InChI is InChI=1S/C29H28ClFN2O2S/c1-18-8-10-23(31)25-26(30)28(36-27(18)25)29(34)33(22-6-4-3-5-7-22)17-21-16-20(9-11-24(21)35-2)19-12-14-32-15-13-19/h8-16,22H,3-7,17H2,1-2H3. The van der Waals surface area contributed by atoms with Crippen LogP contribution in [0.3, 0.4) is 0 Å². The molecule has 7 heteroatoms. The van der Waals surface area contributed by atoms with Crippen molar-refractivity contribution in [2.45, 2.75) is 51.6 Å². The fourth-order valence-electron chi connectivity index (χ4n) is 5.10. The average molecular weight is 523 g/mol. The molecule has 2 heterocycles. The van der Waals surface area contributed by atoms with Gasteiger partial charge in [-0.2, -0.15) is 0 Å². The zero-order valence-electron chi connectivity index (χ0n) is 20.4. The second-order valence-corrected chi connectivity index (χ2v) is 10.7. The zero-order chi connectivity index (χ0) is 25.2. The quantitative estimate of drug-likeness (QED) is 0.257. The first-order valence-electron chi connectivity index (χ1n) is 12.2. The van der Waals surface area contributed by atoms with Gasteiger partial charge in [0.1, 0.15) is 16.4 Å². The number of carbonyl (C=O) groups is 1. The number of amides is 1. The predicted octanol–water partition coefficient (Wildman–Crippen LogP) is 8.05. The highest BCUT2D eigenvalue weighted by Gasteiger charge is 2.31. The molecule has 0 atom stereocenters. The number of benzene rings is 2. The molecule has 2 aromatic heterocycles. The number of ether oxygens (including phenoxy) is 1. The number of aromatic nitrogens is 1. The Morgan fingerprint density at radius 2 is 1.86 bits per heavy atom. The topological polar surface area (TPSA) is 42.4 Å². The molecule has 2 aromatic carbocycles. The summed E-state index contributed by atoms with van der Waals surface area (Å²) in [4.78, 5) is 20.5. The summed E-state index contributed by atoms with van der Waals surface area (Å²) in [6.45, 7) is 2.30. The second-order valence-electron chi connectivity index (χ2n) is 9.30. The summed E-state index contributed by atoms with van der Waals surface area (Å²) >= 11 is 7.96. The fraction of sp³-hybridized carbons (Fsp3) is 0.310. The van der Waals surface area contributed by atoms with Crippen molar-refractivity contribution in [2.75, 3.05) is 7.11 Å². The molecule has 0 bridgehead atoms. The van der Waals surface area contributed by atoms with Crippen LogP contribution in [-0.2, 0) is 6.54 Å². The van der Waals surface area contributed by atoms with Crippen molar-refractivity contribution in [1.29, 1.82) is 0 Å². The minimum atomic E-state index is -0.396. The van der Waals surface area contributed by atoms with Gasteiger partial charge in [0.15, 0.2) is 0 Å². The molecule has 36 heavy (non-hydrogen) atoms. The summed E-state index contributed by atoms with van der Waals surface area (Å²) in [7, 11) is 1.64. The molecule has 0 radical (unpaired) electrons. The number of hydrogen-bond donors (Lipinski definition) is 0. The number of halogens is 2. The third kappa shape index (κ3) is 4.72. The minimum absolute atomic E-state index is 0.0905. The van der Waals surface area contributed by atoms with E-state index in [2.05, 4.69) is 11.1 Å². The molecule has 186 valence electrons. The first-order valence-corrected chi connectivity index (χ1v) is 13.4. The second kappa shape index (κ2) is 10.6. The van der Waals surface area contributed by atoms with Crippen LogP contribution in [0.1, 0.15) is 52.9 Å². The monoisotopic (exact) mass is 522 g/mol. The predicted molar refractivity (Wildman–Crippen MR) is 145 cm³/mol. The van der Waals surface area contributed by atoms with Crippen LogP contribution in [0.2, 0.25) is 5.02 Å². The van der Waals surface area contributed by atoms with E-state index in [9.17, 15) is 9.18 Å². The van der Waals surface area contributed by atoms with Crippen molar-refractivity contribution in [1.82, 2.24) is 9.88 Å². The minimum Gasteiger partial charge on any atom is -0.496 e. The highest BCUT2D eigenvalue weighted by Crippen LogP contribution is 2.41. The Bertz CT molecular complexity index is 1400. The van der Waals surface area contributed by atoms with Crippen LogP contribution < -0.4 is 4.74 Å². The molecule has 0 aliphatic heterocycles. The van der Waals surface area contributed by atoms with E-state index in [0.717, 1.165) is 58.4 Å². The lowest BCUT2D eigenvalue weighted by Gasteiger charge is -2.34. The van der Waals surface area contributed by atoms with E-state index in [1.54, 1.807) is 25.6 Å². The van der Waals surface area contributed by atoms with Gasteiger partial charge in [-0.1, -0.05) is 43.0 Å². The molecule has 0 saturated heterocycles. The van der Waals surface area contributed by atoms with Gasteiger partial charge in [-0.25, -0.2) is 4.39 Å². The third-order valence-corrected chi connectivity index (χ3v) is 8.84. The lowest BCUT2D eigenvalue weighted by atomic mass is 9.93. The molecule has 1 amide bonds. The first-order chi connectivity index (χ1) is 17.5. The molecule has 4 aromatic rings. The Morgan fingerprint density at radius 1 is 1.11 bits per heavy atom. The van der Waals surface area contributed by atoms with Crippen LogP contribution in [0.25, 0.3) is 21.2 Å². The molecule has 0 unspecified atom stereocenters. The fourth-order valence-corrected chi connectivity index (χ4v) is 6.66. The van der Waals surface area contributed by atoms with Gasteiger partial charge in [-0.15, -0.1) is 11.3 Å². The average Bonchev–Trinajstić information content (AvgIpc) is 3.28. The lowest BCUT2D eigenvalue weighted by molar-refractivity contribution is 0.0618. The van der Waals surface area contributed by atoms with Crippen LogP contribution in [0.15, 0.2) is 54.9 Å². The van der Waals surface area contributed by atoms with Crippen LogP contribution in [-0.4, -0.2) is 28.9 Å². The largest absolute Gasteiger partial charge is 0.496 e. The van der Waals surface area contributed by atoms with E-state index in [4.69, 9.17) is 16.3 Å². The van der Waals surface area contributed by atoms with Crippen LogP contribution in [0.4, 0.5) is 4.39 Å². The number of pyridine rings is 1. The number of rotatable bonds is 6. The Kier molecular flexibility index (Phi) is 7.26. The van der Waals surface area contributed by atoms with Gasteiger partial charge in [-0.3, -0.25) is 9.78 Å². The van der Waals surface area contributed by atoms with Crippen LogP contribution >= 0.6 is 22.9 Å². The summed E-state index contributed by atoms with van der Waals surface area (Å²) < 4.78 is 21.1. The normalized spacial score (nSPS) is 14.2. The highest BCUT2D eigenvalue weighted by atomic mass is 35.5. The van der Waals surface area contributed by atoms with Gasteiger partial charge in [-0.05, 0) is 66.8 Å². The number of thiophene rings is 1. The maximum Gasteiger partial charge on any atom is 0.266 e. The van der Waals surface area contributed by atoms with Crippen molar-refractivity contribution in [2.24, 2.45) is 0 Å². The maximum atomic E-state index is 14.7. The number of carbonyl (C=O) groups excluding carboxylic acids is 1. The number of aryl methyl sites for hydroxylation is 1. The van der Waals surface area contributed by atoms with E-state index in [0.29, 0.717) is 16.8 Å². The highest BCUT2D eigenvalue weighted by molar-refractivity contribution is 7.21. The van der Waals surface area contributed by atoms with Crippen molar-refractivity contribution in [3.63, 3.8) is 0 Å². The van der Waals surface area contributed by atoms with Crippen molar-refractivity contribution >= 4 is 38.9 Å². The number of fused-ring (bicyclic) bond motifs is 1. The van der Waals surface area contributed by atoms with Gasteiger partial charge < -0.3 is 9.64 Å². The maximum absolute atomic E-state index is 14.7. The number of methoxy groups -OCH3 is 1. The van der Waals surface area contributed by atoms with Gasteiger partial charge >= 0.3 is 0 Å². The summed E-state index contributed by atoms with van der Waals surface area (Å²) in [6.07, 6.45) is 8.74. The van der Waals surface area contributed by atoms with Crippen molar-refractivity contribution < 1.29 is 13.9 Å². The first kappa shape index (κ1) is 24.7. The SMILES string of the molecule is COc1ccc(-c2ccncc2)cc1CN(C(=O)c1sc2c(C)ccc(F)c2c1Cl)C1CCCCC1. The Labute approximate surface area is 219 Å². The summed E-state index contributed by atoms with van der Waals surface area (Å²) in [5.74, 6) is 0.181. The molecule has 1 saturated carbocycles. The molecule has 1 aliphatic rings. The molecule has 5 rings (SSSR count). The molecule has 0 N–H and O–H groups in total. The number of hydrogen-bond acceptors (Lipinski definition) is 4. The Hall–Kier alpha value is -2.96. The van der Waals surface area contributed by atoms with Crippen molar-refractivity contribution in [3.8, 4) is 16.9 Å². The summed E-state index contributed by atoms with van der Waals surface area (Å²) in [5, 5.41) is 0.547. The van der Waals surface area contributed by atoms with Crippen molar-refractivity contribution in [3.05, 3.63) is 81.7 Å². The van der Waals surface area contributed by atoms with Crippen LogP contribution in [0, 0.1) is 12.7 Å². The molecular weight excluding hydrogens is 495 g/mol. The molecule has 0 spiro atoms. The van der Waals surface area contributed by atoms with E-state index in [1.165, 1.54) is 23.8 Å². The van der Waals surface area contributed by atoms with Gasteiger partial charge in [0.2, 0.25) is 0 Å². The Balaban J connectivity index is 1.57. The lowest BCUT2D eigenvalue weighted by Crippen LogP contribution is -2.40. The van der Waals surface area contributed by atoms with Gasteiger partial charge in [0.25, 0.3) is 5.91 Å². The van der Waals surface area contributed by atoms with E-state index < -0.39 is 5.82 Å². The number of nitrogens with zero attached hydrogens (tertiary/aromatic N) is 2. The van der Waals surface area contributed by atoms with Gasteiger partial charge in [0.05, 0.1) is 12.1 Å². The molecule has 1 fully saturated rings. The Morgan fingerprint density at radius 3 is 2.56 bits per heavy atom.